The molecule has 11 aromatic rings. The van der Waals surface area contributed by atoms with E-state index >= 15 is 0 Å². The van der Waals surface area contributed by atoms with Gasteiger partial charge in [0.25, 0.3) is 0 Å². The SMILES string of the molecule is CC1(C)c2ccc(-c3c4ccccc4c(-c4ccc5oc6ccccc6c5c4)c4ccccc34)cc2-c2ccc3cc4sc5ccccc5c4cc3c21. The summed E-state index contributed by atoms with van der Waals surface area (Å²) in [6, 6.07) is 58.6. The molecule has 0 N–H and O–H groups in total. The van der Waals surface area contributed by atoms with Crippen LogP contribution in [0.15, 0.2) is 162 Å². The predicted molar refractivity (Wildman–Crippen MR) is 228 cm³/mol. The van der Waals surface area contributed by atoms with Gasteiger partial charge in [-0.25, -0.2) is 0 Å². The average Bonchev–Trinajstić information content (AvgIpc) is 3.82. The molecule has 53 heavy (non-hydrogen) atoms. The normalized spacial score (nSPS) is 13.6. The lowest BCUT2D eigenvalue weighted by Gasteiger charge is -2.23. The molecule has 0 amide bonds. The number of rotatable bonds is 2. The molecule has 0 saturated heterocycles. The first-order valence-electron chi connectivity index (χ1n) is 18.4. The van der Waals surface area contributed by atoms with E-state index in [0.717, 1.165) is 21.9 Å². The van der Waals surface area contributed by atoms with Gasteiger partial charge in [0.2, 0.25) is 0 Å². The number of thiophene rings is 1. The van der Waals surface area contributed by atoms with Crippen LogP contribution < -0.4 is 0 Å². The van der Waals surface area contributed by atoms with Crippen molar-refractivity contribution in [3.63, 3.8) is 0 Å². The zero-order valence-electron chi connectivity index (χ0n) is 29.3. The van der Waals surface area contributed by atoms with Crippen molar-refractivity contribution >= 4 is 85.8 Å². The van der Waals surface area contributed by atoms with Crippen molar-refractivity contribution in [3.8, 4) is 33.4 Å². The molecule has 0 saturated carbocycles. The smallest absolute Gasteiger partial charge is 0.135 e. The third-order valence-electron chi connectivity index (χ3n) is 12.0. The highest BCUT2D eigenvalue weighted by atomic mass is 32.1. The minimum absolute atomic E-state index is 0.133. The first kappa shape index (κ1) is 29.4. The fraction of sp³-hybridized carbons (Fsp3) is 0.0588. The second kappa shape index (κ2) is 10.4. The molecule has 0 bridgehead atoms. The number of furan rings is 1. The van der Waals surface area contributed by atoms with Crippen LogP contribution in [0.3, 0.4) is 0 Å². The summed E-state index contributed by atoms with van der Waals surface area (Å²) in [5.41, 5.74) is 12.2. The maximum absolute atomic E-state index is 6.23. The van der Waals surface area contributed by atoms with Gasteiger partial charge in [0, 0.05) is 36.4 Å². The molecule has 0 aliphatic heterocycles. The highest BCUT2D eigenvalue weighted by Gasteiger charge is 2.37. The summed E-state index contributed by atoms with van der Waals surface area (Å²) in [6.07, 6.45) is 0. The van der Waals surface area contributed by atoms with Gasteiger partial charge in [0.1, 0.15) is 11.2 Å². The van der Waals surface area contributed by atoms with Crippen LogP contribution in [0.4, 0.5) is 0 Å². The number of fused-ring (bicyclic) bond motifs is 13. The maximum atomic E-state index is 6.23. The maximum Gasteiger partial charge on any atom is 0.135 e. The Bertz CT molecular complexity index is 3320. The van der Waals surface area contributed by atoms with Crippen LogP contribution in [0, 0.1) is 0 Å². The third-order valence-corrected chi connectivity index (χ3v) is 13.1. The Morgan fingerprint density at radius 3 is 1.75 bits per heavy atom. The monoisotopic (exact) mass is 692 g/mol. The summed E-state index contributed by atoms with van der Waals surface area (Å²) in [5, 5.41) is 12.7. The van der Waals surface area contributed by atoms with E-state index in [9.17, 15) is 0 Å². The molecule has 2 aromatic heterocycles. The average molecular weight is 693 g/mol. The minimum atomic E-state index is -0.133. The first-order chi connectivity index (χ1) is 26.0. The van der Waals surface area contributed by atoms with Crippen molar-refractivity contribution < 1.29 is 4.42 Å². The molecule has 2 heterocycles. The van der Waals surface area contributed by atoms with Crippen LogP contribution in [0.5, 0.6) is 0 Å². The van der Waals surface area contributed by atoms with Crippen LogP contribution in [0.1, 0.15) is 25.0 Å². The fourth-order valence-electron chi connectivity index (χ4n) is 9.68. The Balaban J connectivity index is 1.10. The largest absolute Gasteiger partial charge is 0.456 e. The van der Waals surface area contributed by atoms with Gasteiger partial charge >= 0.3 is 0 Å². The molecule has 0 unspecified atom stereocenters. The van der Waals surface area contributed by atoms with Gasteiger partial charge in [-0.3, -0.25) is 0 Å². The molecule has 12 rings (SSSR count). The summed E-state index contributed by atoms with van der Waals surface area (Å²) in [6.45, 7) is 4.82. The fourth-order valence-corrected chi connectivity index (χ4v) is 10.8. The Labute approximate surface area is 310 Å². The summed E-state index contributed by atoms with van der Waals surface area (Å²) >= 11 is 1.89. The number of hydrogen-bond donors (Lipinski definition) is 0. The highest BCUT2D eigenvalue weighted by Crippen LogP contribution is 2.54. The molecule has 1 nitrogen and oxygen atoms in total. The Morgan fingerprint density at radius 1 is 0.415 bits per heavy atom. The lowest BCUT2D eigenvalue weighted by atomic mass is 9.79. The van der Waals surface area contributed by atoms with Crippen molar-refractivity contribution in [1.29, 1.82) is 0 Å². The molecular weight excluding hydrogens is 661 g/mol. The quantitative estimate of drug-likeness (QED) is 0.164. The van der Waals surface area contributed by atoms with Gasteiger partial charge < -0.3 is 4.42 Å². The van der Waals surface area contributed by atoms with E-state index in [4.69, 9.17) is 4.42 Å². The standard InChI is InChI=1S/C51H32OS/c1-51(2)43-23-20-30(25-40(43)38-22-19-29-27-47-42(28-39(29)50(38)51)33-12-8-10-18-46(33)53-47)48-34-13-3-5-15-36(34)49(37-16-6-4-14-35(37)48)31-21-24-45-41(26-31)32-11-7-9-17-44(32)52-45/h3-28H,1-2H3. The van der Waals surface area contributed by atoms with Gasteiger partial charge in [-0.05, 0) is 119 Å². The summed E-state index contributed by atoms with van der Waals surface area (Å²) in [7, 11) is 0. The van der Waals surface area contributed by atoms with Gasteiger partial charge in [-0.15, -0.1) is 11.3 Å². The van der Waals surface area contributed by atoms with Crippen LogP contribution in [0.25, 0.3) is 108 Å². The van der Waals surface area contributed by atoms with Gasteiger partial charge in [-0.2, -0.15) is 0 Å². The lowest BCUT2D eigenvalue weighted by molar-refractivity contribution is 0.666. The van der Waals surface area contributed by atoms with Crippen LogP contribution >= 0.6 is 11.3 Å². The molecule has 248 valence electrons. The topological polar surface area (TPSA) is 13.1 Å². The number of hydrogen-bond acceptors (Lipinski definition) is 2. The molecular formula is C51H32OS. The van der Waals surface area contributed by atoms with Crippen molar-refractivity contribution in [2.45, 2.75) is 19.3 Å². The third kappa shape index (κ3) is 3.96. The number of benzene rings is 9. The molecule has 0 spiro atoms. The molecule has 0 radical (unpaired) electrons. The van der Waals surface area contributed by atoms with Gasteiger partial charge in [0.05, 0.1) is 0 Å². The van der Waals surface area contributed by atoms with Crippen molar-refractivity contribution in [2.24, 2.45) is 0 Å². The molecule has 1 aliphatic rings. The van der Waals surface area contributed by atoms with E-state index in [1.807, 2.05) is 17.4 Å². The Hall–Kier alpha value is -6.22. The van der Waals surface area contributed by atoms with E-state index in [0.29, 0.717) is 0 Å². The van der Waals surface area contributed by atoms with Crippen LogP contribution in [-0.2, 0) is 5.41 Å². The zero-order valence-corrected chi connectivity index (χ0v) is 30.1. The molecule has 2 heteroatoms. The van der Waals surface area contributed by atoms with Gasteiger partial charge in [-0.1, -0.05) is 129 Å². The molecule has 0 atom stereocenters. The van der Waals surface area contributed by atoms with E-state index in [-0.39, 0.29) is 5.41 Å². The molecule has 9 aromatic carbocycles. The first-order valence-corrected chi connectivity index (χ1v) is 19.2. The zero-order chi connectivity index (χ0) is 35.0. The Kier molecular flexibility index (Phi) is 5.78. The predicted octanol–water partition coefficient (Wildman–Crippen LogP) is 15.1. The van der Waals surface area contributed by atoms with Crippen molar-refractivity contribution in [1.82, 2.24) is 0 Å². The molecule has 1 aliphatic carbocycles. The van der Waals surface area contributed by atoms with Crippen LogP contribution in [0.2, 0.25) is 0 Å². The second-order valence-corrected chi connectivity index (χ2v) is 16.3. The van der Waals surface area contributed by atoms with E-state index in [1.54, 1.807) is 0 Å². The highest BCUT2D eigenvalue weighted by molar-refractivity contribution is 7.25. The van der Waals surface area contributed by atoms with Crippen molar-refractivity contribution in [2.75, 3.05) is 0 Å². The minimum Gasteiger partial charge on any atom is -0.456 e. The Morgan fingerprint density at radius 2 is 1.02 bits per heavy atom. The van der Waals surface area contributed by atoms with Crippen LogP contribution in [-0.4, -0.2) is 0 Å². The lowest BCUT2D eigenvalue weighted by Crippen LogP contribution is -2.15. The van der Waals surface area contributed by atoms with Gasteiger partial charge in [0.15, 0.2) is 0 Å². The second-order valence-electron chi connectivity index (χ2n) is 15.2. The van der Waals surface area contributed by atoms with E-state index in [2.05, 4.69) is 166 Å². The summed E-state index contributed by atoms with van der Waals surface area (Å²) < 4.78 is 8.93. The molecule has 0 fully saturated rings. The van der Waals surface area contributed by atoms with E-state index < -0.39 is 0 Å². The number of para-hydroxylation sites is 1. The van der Waals surface area contributed by atoms with Crippen molar-refractivity contribution in [3.05, 3.63) is 169 Å². The summed E-state index contributed by atoms with van der Waals surface area (Å²) in [5.74, 6) is 0. The summed E-state index contributed by atoms with van der Waals surface area (Å²) in [4.78, 5) is 0. The van der Waals surface area contributed by atoms with E-state index in [1.165, 1.54) is 97.0 Å².